The second-order valence-corrected chi connectivity index (χ2v) is 5.30. The molecule has 0 saturated heterocycles. The van der Waals surface area contributed by atoms with Crippen LogP contribution in [0.25, 0.3) is 10.9 Å². The molecule has 6 heteroatoms. The lowest BCUT2D eigenvalue weighted by molar-refractivity contribution is 0.0922. The van der Waals surface area contributed by atoms with E-state index < -0.39 is 12.1 Å². The van der Waals surface area contributed by atoms with Crippen molar-refractivity contribution in [2.24, 2.45) is 0 Å². The Balaban J connectivity index is 2.51. The van der Waals surface area contributed by atoms with Crippen LogP contribution in [0, 0.1) is 0 Å². The van der Waals surface area contributed by atoms with Crippen molar-refractivity contribution in [3.8, 4) is 5.75 Å². The molecule has 1 heterocycles. The van der Waals surface area contributed by atoms with Gasteiger partial charge in [-0.25, -0.2) is 0 Å². The molecule has 0 aliphatic heterocycles. The van der Waals surface area contributed by atoms with Gasteiger partial charge in [0.25, 0.3) is 5.56 Å². The third-order valence-corrected chi connectivity index (χ3v) is 3.80. The SMILES string of the molecule is CCn1c(=O)c(C(C)NCC(O)CO)c(O)c2ccccc21. The number of aryl methyl sites for hydroxylation is 1. The summed E-state index contributed by atoms with van der Waals surface area (Å²) in [6.45, 7) is 3.90. The van der Waals surface area contributed by atoms with Gasteiger partial charge in [0.2, 0.25) is 0 Å². The number of hydrogen-bond acceptors (Lipinski definition) is 5. The molecule has 0 fully saturated rings. The number of aromatic hydroxyl groups is 1. The average molecular weight is 306 g/mol. The highest BCUT2D eigenvalue weighted by atomic mass is 16.3. The zero-order valence-corrected chi connectivity index (χ0v) is 12.8. The van der Waals surface area contributed by atoms with Crippen LogP contribution in [0.5, 0.6) is 5.75 Å². The largest absolute Gasteiger partial charge is 0.507 e. The molecular weight excluding hydrogens is 284 g/mol. The minimum Gasteiger partial charge on any atom is -0.507 e. The van der Waals surface area contributed by atoms with Crippen LogP contribution in [-0.2, 0) is 6.54 Å². The average Bonchev–Trinajstić information content (AvgIpc) is 2.53. The van der Waals surface area contributed by atoms with Crippen molar-refractivity contribution in [2.45, 2.75) is 32.5 Å². The monoisotopic (exact) mass is 306 g/mol. The van der Waals surface area contributed by atoms with Gasteiger partial charge in [-0.3, -0.25) is 4.79 Å². The number of fused-ring (bicyclic) bond motifs is 1. The molecule has 4 N–H and O–H groups in total. The summed E-state index contributed by atoms with van der Waals surface area (Å²) in [5.41, 5.74) is 0.710. The van der Waals surface area contributed by atoms with Crippen molar-refractivity contribution >= 4 is 10.9 Å². The first-order valence-electron chi connectivity index (χ1n) is 7.37. The fraction of sp³-hybridized carbons (Fsp3) is 0.438. The van der Waals surface area contributed by atoms with E-state index in [2.05, 4.69) is 5.32 Å². The van der Waals surface area contributed by atoms with E-state index in [-0.39, 0.29) is 30.0 Å². The van der Waals surface area contributed by atoms with Gasteiger partial charge in [0.1, 0.15) is 5.75 Å². The molecule has 2 rings (SSSR count). The van der Waals surface area contributed by atoms with E-state index >= 15 is 0 Å². The summed E-state index contributed by atoms with van der Waals surface area (Å²) < 4.78 is 1.62. The summed E-state index contributed by atoms with van der Waals surface area (Å²) in [7, 11) is 0. The first-order valence-corrected chi connectivity index (χ1v) is 7.37. The van der Waals surface area contributed by atoms with Gasteiger partial charge in [0.15, 0.2) is 0 Å². The van der Waals surface area contributed by atoms with Crippen LogP contribution < -0.4 is 10.9 Å². The first-order chi connectivity index (χ1) is 10.5. The zero-order valence-electron chi connectivity index (χ0n) is 12.8. The van der Waals surface area contributed by atoms with E-state index in [1.165, 1.54) is 0 Å². The Hall–Kier alpha value is -1.89. The summed E-state index contributed by atoms with van der Waals surface area (Å²) in [5, 5.41) is 32.3. The molecule has 0 radical (unpaired) electrons. The van der Waals surface area contributed by atoms with Crippen molar-refractivity contribution < 1.29 is 15.3 Å². The maximum Gasteiger partial charge on any atom is 0.259 e. The van der Waals surface area contributed by atoms with Crippen LogP contribution in [0.3, 0.4) is 0 Å². The Labute approximate surface area is 128 Å². The van der Waals surface area contributed by atoms with Gasteiger partial charge in [0.05, 0.1) is 23.8 Å². The molecule has 2 atom stereocenters. The predicted octanol–water partition coefficient (Wildman–Crippen LogP) is 0.731. The minimum absolute atomic E-state index is 0.0382. The minimum atomic E-state index is -0.904. The van der Waals surface area contributed by atoms with Crippen LogP contribution in [-0.4, -0.2) is 39.1 Å². The molecule has 0 aliphatic carbocycles. The Kier molecular flexibility index (Phi) is 5.18. The number of hydrogen-bond donors (Lipinski definition) is 4. The van der Waals surface area contributed by atoms with E-state index in [0.29, 0.717) is 17.4 Å². The molecule has 2 unspecified atom stereocenters. The van der Waals surface area contributed by atoms with Crippen molar-refractivity contribution in [1.82, 2.24) is 9.88 Å². The molecule has 120 valence electrons. The molecule has 0 bridgehead atoms. The lowest BCUT2D eigenvalue weighted by Crippen LogP contribution is -2.35. The molecular formula is C16H22N2O4. The molecule has 1 aromatic heterocycles. The van der Waals surface area contributed by atoms with Gasteiger partial charge < -0.3 is 25.2 Å². The van der Waals surface area contributed by atoms with E-state index in [1.54, 1.807) is 23.6 Å². The predicted molar refractivity (Wildman–Crippen MR) is 85.1 cm³/mol. The van der Waals surface area contributed by atoms with Gasteiger partial charge in [-0.05, 0) is 26.0 Å². The van der Waals surface area contributed by atoms with E-state index in [0.717, 1.165) is 0 Å². The van der Waals surface area contributed by atoms with Crippen LogP contribution in [0.15, 0.2) is 29.1 Å². The van der Waals surface area contributed by atoms with E-state index in [1.807, 2.05) is 19.1 Å². The molecule has 0 saturated carbocycles. The van der Waals surface area contributed by atoms with Gasteiger partial charge in [-0.15, -0.1) is 0 Å². The summed E-state index contributed by atoms with van der Waals surface area (Å²) >= 11 is 0. The summed E-state index contributed by atoms with van der Waals surface area (Å²) in [4.78, 5) is 12.6. The van der Waals surface area contributed by atoms with Gasteiger partial charge in [-0.1, -0.05) is 12.1 Å². The standard InChI is InChI=1S/C16H22N2O4/c1-3-18-13-7-5-4-6-12(13)15(21)14(16(18)22)10(2)17-8-11(20)9-19/h4-7,10-11,17,19-21H,3,8-9H2,1-2H3. The van der Waals surface area contributed by atoms with Gasteiger partial charge in [-0.2, -0.15) is 0 Å². The van der Waals surface area contributed by atoms with Gasteiger partial charge in [0, 0.05) is 24.5 Å². The van der Waals surface area contributed by atoms with Crippen LogP contribution in [0.4, 0.5) is 0 Å². The van der Waals surface area contributed by atoms with Crippen molar-refractivity contribution in [1.29, 1.82) is 0 Å². The van der Waals surface area contributed by atoms with Crippen LogP contribution >= 0.6 is 0 Å². The number of pyridine rings is 1. The molecule has 1 aromatic carbocycles. The summed E-state index contributed by atoms with van der Waals surface area (Å²) in [6, 6.07) is 6.76. The number of aliphatic hydroxyl groups excluding tert-OH is 2. The summed E-state index contributed by atoms with van der Waals surface area (Å²) in [5.74, 6) is -0.0382. The number of benzene rings is 1. The highest BCUT2D eigenvalue weighted by Crippen LogP contribution is 2.29. The zero-order chi connectivity index (χ0) is 16.3. The summed E-state index contributed by atoms with van der Waals surface area (Å²) in [6.07, 6.45) is -0.904. The molecule has 0 aliphatic rings. The quantitative estimate of drug-likeness (QED) is 0.631. The Morgan fingerprint density at radius 2 is 2.00 bits per heavy atom. The fourth-order valence-electron chi connectivity index (χ4n) is 2.59. The van der Waals surface area contributed by atoms with E-state index in [9.17, 15) is 15.0 Å². The third-order valence-electron chi connectivity index (χ3n) is 3.80. The lowest BCUT2D eigenvalue weighted by Gasteiger charge is -2.20. The number of rotatable bonds is 6. The van der Waals surface area contributed by atoms with E-state index in [4.69, 9.17) is 5.11 Å². The molecule has 0 spiro atoms. The molecule has 0 amide bonds. The van der Waals surface area contributed by atoms with Crippen molar-refractivity contribution in [2.75, 3.05) is 13.2 Å². The normalized spacial score (nSPS) is 14.2. The third kappa shape index (κ3) is 2.99. The van der Waals surface area contributed by atoms with Gasteiger partial charge >= 0.3 is 0 Å². The molecule has 22 heavy (non-hydrogen) atoms. The van der Waals surface area contributed by atoms with Crippen LogP contribution in [0.1, 0.15) is 25.5 Å². The second kappa shape index (κ2) is 6.91. The highest BCUT2D eigenvalue weighted by Gasteiger charge is 2.20. The maximum absolute atomic E-state index is 12.6. The lowest BCUT2D eigenvalue weighted by atomic mass is 10.0. The van der Waals surface area contributed by atoms with Crippen molar-refractivity contribution in [3.05, 3.63) is 40.2 Å². The van der Waals surface area contributed by atoms with Crippen molar-refractivity contribution in [3.63, 3.8) is 0 Å². The second-order valence-electron chi connectivity index (χ2n) is 5.30. The fourth-order valence-corrected chi connectivity index (χ4v) is 2.59. The smallest absolute Gasteiger partial charge is 0.259 e. The Morgan fingerprint density at radius 1 is 1.32 bits per heavy atom. The number of nitrogens with one attached hydrogen (secondary N) is 1. The first kappa shape index (κ1) is 16.5. The number of aromatic nitrogens is 1. The Morgan fingerprint density at radius 3 is 2.64 bits per heavy atom. The number of nitrogens with zero attached hydrogens (tertiary/aromatic N) is 1. The number of aliphatic hydroxyl groups is 2. The maximum atomic E-state index is 12.6. The Bertz CT molecular complexity index is 711. The molecule has 2 aromatic rings. The number of para-hydroxylation sites is 1. The topological polar surface area (TPSA) is 94.7 Å². The highest BCUT2D eigenvalue weighted by molar-refractivity contribution is 5.86. The van der Waals surface area contributed by atoms with Crippen LogP contribution in [0.2, 0.25) is 0 Å². The molecule has 6 nitrogen and oxygen atoms in total.